The van der Waals surface area contributed by atoms with Gasteiger partial charge in [0.25, 0.3) is 5.91 Å². The minimum absolute atomic E-state index is 0.0437. The van der Waals surface area contributed by atoms with Crippen molar-refractivity contribution in [2.45, 2.75) is 20.3 Å². The van der Waals surface area contributed by atoms with E-state index < -0.39 is 5.91 Å². The van der Waals surface area contributed by atoms with Gasteiger partial charge in [-0.15, -0.1) is 0 Å². The predicted molar refractivity (Wildman–Crippen MR) is 157 cm³/mol. The van der Waals surface area contributed by atoms with Gasteiger partial charge < -0.3 is 34.1 Å². The fourth-order valence-electron chi connectivity index (χ4n) is 5.24. The Kier molecular flexibility index (Phi) is 8.25. The molecule has 0 saturated carbocycles. The lowest BCUT2D eigenvalue weighted by atomic mass is 10.1. The number of likely N-dealkylation sites (N-methyl/N-ethyl adjacent to an activating group) is 1. The van der Waals surface area contributed by atoms with Crippen LogP contribution in [0.15, 0.2) is 51.7 Å². The Morgan fingerprint density at radius 3 is 2.23 bits per heavy atom. The summed E-state index contributed by atoms with van der Waals surface area (Å²) in [5.41, 5.74) is 2.48. The third kappa shape index (κ3) is 5.91. The van der Waals surface area contributed by atoms with Crippen LogP contribution in [0.25, 0.3) is 11.0 Å². The van der Waals surface area contributed by atoms with Crippen molar-refractivity contribution in [3.8, 4) is 5.75 Å². The van der Waals surface area contributed by atoms with Gasteiger partial charge in [0.2, 0.25) is 5.91 Å². The predicted octanol–water partition coefficient (Wildman–Crippen LogP) is 3.25. The Balaban J connectivity index is 1.34. The fraction of sp³-hybridized carbons (Fsp3) is 0.433. The monoisotopic (exact) mass is 547 g/mol. The van der Waals surface area contributed by atoms with Crippen LogP contribution >= 0.6 is 0 Å². The van der Waals surface area contributed by atoms with Crippen molar-refractivity contribution >= 4 is 39.8 Å². The van der Waals surface area contributed by atoms with E-state index in [9.17, 15) is 14.4 Å². The molecule has 5 rings (SSSR count). The molecule has 0 bridgehead atoms. The summed E-state index contributed by atoms with van der Waals surface area (Å²) in [6, 6.07) is 12.4. The number of fused-ring (bicyclic) bond motifs is 1. The second-order valence-corrected chi connectivity index (χ2v) is 10.2. The molecular formula is C30H37N5O5. The van der Waals surface area contributed by atoms with Crippen LogP contribution in [0.3, 0.4) is 0 Å². The van der Waals surface area contributed by atoms with E-state index in [0.717, 1.165) is 50.6 Å². The second kappa shape index (κ2) is 12.0. The van der Waals surface area contributed by atoms with Crippen LogP contribution in [-0.4, -0.2) is 87.6 Å². The van der Waals surface area contributed by atoms with E-state index in [2.05, 4.69) is 27.1 Å². The highest BCUT2D eigenvalue weighted by atomic mass is 16.5. The number of rotatable bonds is 7. The van der Waals surface area contributed by atoms with Gasteiger partial charge in [-0.25, -0.2) is 0 Å². The van der Waals surface area contributed by atoms with Crippen molar-refractivity contribution in [2.75, 3.05) is 81.1 Å². The summed E-state index contributed by atoms with van der Waals surface area (Å²) in [5.74, 6) is 0.254. The topological polar surface area (TPSA) is 98.6 Å². The standard InChI is InChI=1S/C30H37N5O5/c1-4-28(37)35-16-14-33(15-17-35)22-8-6-21(7-9-22)31-30(38)27-20-26(36)24-18-23(39-5-2)19-25(29(24)40-27)34-12-10-32(3)11-13-34/h6-9,18-20H,4-5,10-17H2,1-3H3,(H,31,38). The first kappa shape index (κ1) is 27.5. The zero-order chi connectivity index (χ0) is 28.2. The molecule has 2 aromatic carbocycles. The Labute approximate surface area is 234 Å². The highest BCUT2D eigenvalue weighted by Gasteiger charge is 2.23. The van der Waals surface area contributed by atoms with E-state index in [1.807, 2.05) is 49.1 Å². The summed E-state index contributed by atoms with van der Waals surface area (Å²) in [6.07, 6.45) is 0.525. The number of anilines is 3. The Hall–Kier alpha value is -4.05. The van der Waals surface area contributed by atoms with Gasteiger partial charge in [0, 0.05) is 82.3 Å². The molecular weight excluding hydrogens is 510 g/mol. The smallest absolute Gasteiger partial charge is 0.291 e. The first-order valence-corrected chi connectivity index (χ1v) is 14.0. The number of piperazine rings is 2. The molecule has 0 atom stereocenters. The number of nitrogens with zero attached hydrogens (tertiary/aromatic N) is 4. The SMILES string of the molecule is CCOc1cc(N2CCN(C)CC2)c2oc(C(=O)Nc3ccc(N4CCN(C(=O)CC)CC4)cc3)cc(=O)c2c1. The lowest BCUT2D eigenvalue weighted by Gasteiger charge is -2.36. The van der Waals surface area contributed by atoms with Gasteiger partial charge in [0.15, 0.2) is 16.8 Å². The van der Waals surface area contributed by atoms with Crippen LogP contribution in [0, 0.1) is 0 Å². The van der Waals surface area contributed by atoms with Crippen molar-refractivity contribution in [3.63, 3.8) is 0 Å². The first-order chi connectivity index (χ1) is 19.4. The number of hydrogen-bond acceptors (Lipinski definition) is 8. The average Bonchev–Trinajstić information content (AvgIpc) is 2.97. The minimum atomic E-state index is -0.489. The van der Waals surface area contributed by atoms with Gasteiger partial charge in [-0.05, 0) is 44.3 Å². The van der Waals surface area contributed by atoms with E-state index in [4.69, 9.17) is 9.15 Å². The number of amides is 2. The van der Waals surface area contributed by atoms with Crippen molar-refractivity contribution in [3.05, 3.63) is 58.4 Å². The minimum Gasteiger partial charge on any atom is -0.494 e. The highest BCUT2D eigenvalue weighted by Crippen LogP contribution is 2.32. The fourth-order valence-corrected chi connectivity index (χ4v) is 5.24. The zero-order valence-corrected chi connectivity index (χ0v) is 23.4. The average molecular weight is 548 g/mol. The van der Waals surface area contributed by atoms with Crippen LogP contribution in [0.2, 0.25) is 0 Å². The third-order valence-electron chi connectivity index (χ3n) is 7.59. The highest BCUT2D eigenvalue weighted by molar-refractivity contribution is 6.03. The molecule has 2 aliphatic heterocycles. The van der Waals surface area contributed by atoms with Gasteiger partial charge >= 0.3 is 0 Å². The molecule has 2 amide bonds. The van der Waals surface area contributed by atoms with E-state index >= 15 is 0 Å². The van der Waals surface area contributed by atoms with Gasteiger partial charge in [-0.2, -0.15) is 0 Å². The number of benzene rings is 2. The number of nitrogens with one attached hydrogen (secondary N) is 1. The van der Waals surface area contributed by atoms with Crippen molar-refractivity contribution in [1.29, 1.82) is 0 Å². The molecule has 3 heterocycles. The summed E-state index contributed by atoms with van der Waals surface area (Å²) in [7, 11) is 2.08. The molecule has 1 N–H and O–H groups in total. The van der Waals surface area contributed by atoms with Crippen molar-refractivity contribution in [2.24, 2.45) is 0 Å². The maximum atomic E-state index is 13.2. The first-order valence-electron chi connectivity index (χ1n) is 14.0. The number of carbonyl (C=O) groups is 2. The quantitative estimate of drug-likeness (QED) is 0.482. The Morgan fingerprint density at radius 2 is 1.57 bits per heavy atom. The molecule has 0 aliphatic carbocycles. The van der Waals surface area contributed by atoms with Gasteiger partial charge in [-0.3, -0.25) is 14.4 Å². The Morgan fingerprint density at radius 1 is 0.900 bits per heavy atom. The molecule has 10 nitrogen and oxygen atoms in total. The number of hydrogen-bond donors (Lipinski definition) is 1. The summed E-state index contributed by atoms with van der Waals surface area (Å²) < 4.78 is 11.8. The van der Waals surface area contributed by atoms with Crippen LogP contribution in [-0.2, 0) is 4.79 Å². The van der Waals surface area contributed by atoms with Crippen molar-refractivity contribution < 1.29 is 18.7 Å². The second-order valence-electron chi connectivity index (χ2n) is 10.2. The van der Waals surface area contributed by atoms with Gasteiger partial charge in [-0.1, -0.05) is 6.92 Å². The van der Waals surface area contributed by atoms with Crippen molar-refractivity contribution in [1.82, 2.24) is 9.80 Å². The maximum Gasteiger partial charge on any atom is 0.291 e. The molecule has 2 fully saturated rings. The summed E-state index contributed by atoms with van der Waals surface area (Å²) in [6.45, 7) is 10.5. The molecule has 2 saturated heterocycles. The lowest BCUT2D eigenvalue weighted by Crippen LogP contribution is -2.48. The van der Waals surface area contributed by atoms with E-state index in [1.54, 1.807) is 6.07 Å². The maximum absolute atomic E-state index is 13.2. The van der Waals surface area contributed by atoms with E-state index in [-0.39, 0.29) is 17.1 Å². The van der Waals surface area contributed by atoms with Crippen LogP contribution in [0.5, 0.6) is 5.75 Å². The van der Waals surface area contributed by atoms with Crippen LogP contribution in [0.4, 0.5) is 17.1 Å². The van der Waals surface area contributed by atoms with Crippen LogP contribution < -0.4 is 25.3 Å². The number of ether oxygens (including phenoxy) is 1. The van der Waals surface area contributed by atoms with Gasteiger partial charge in [0.05, 0.1) is 17.7 Å². The summed E-state index contributed by atoms with van der Waals surface area (Å²) in [4.78, 5) is 46.8. The van der Waals surface area contributed by atoms with Crippen LogP contribution in [0.1, 0.15) is 30.8 Å². The lowest BCUT2D eigenvalue weighted by molar-refractivity contribution is -0.131. The third-order valence-corrected chi connectivity index (χ3v) is 7.59. The summed E-state index contributed by atoms with van der Waals surface area (Å²) in [5, 5.41) is 3.25. The molecule has 40 heavy (non-hydrogen) atoms. The molecule has 3 aromatic rings. The summed E-state index contributed by atoms with van der Waals surface area (Å²) >= 11 is 0. The molecule has 2 aliphatic rings. The van der Waals surface area contributed by atoms with E-state index in [0.29, 0.717) is 48.5 Å². The Bertz CT molecular complexity index is 1420. The van der Waals surface area contributed by atoms with Gasteiger partial charge in [0.1, 0.15) is 5.75 Å². The molecule has 0 radical (unpaired) electrons. The zero-order valence-electron chi connectivity index (χ0n) is 23.4. The van der Waals surface area contributed by atoms with E-state index in [1.165, 1.54) is 6.07 Å². The molecule has 0 unspecified atom stereocenters. The molecule has 0 spiro atoms. The largest absolute Gasteiger partial charge is 0.494 e. The molecule has 212 valence electrons. The number of carbonyl (C=O) groups excluding carboxylic acids is 2. The molecule has 10 heteroatoms. The normalized spacial score (nSPS) is 16.3. The molecule has 1 aromatic heterocycles.